The average molecular weight is 399 g/mol. The molecule has 1 aliphatic rings. The van der Waals surface area contributed by atoms with Crippen molar-refractivity contribution in [2.45, 2.75) is 17.4 Å². The van der Waals surface area contributed by atoms with E-state index in [1.54, 1.807) is 0 Å². The number of nitriles is 1. The van der Waals surface area contributed by atoms with E-state index in [2.05, 4.69) is 9.72 Å². The standard InChI is InChI=1S/C16H12F3N3O4S/c17-16(18,19)26-13-3-1-2-4-14(13)27(23,24)22-9-12(10-22)25-15-7-11(8-20)5-6-21-15/h1-7,12H,9-10H2. The summed E-state index contributed by atoms with van der Waals surface area (Å²) >= 11 is 0. The van der Waals surface area contributed by atoms with Crippen LogP contribution in [0.5, 0.6) is 11.6 Å². The quantitative estimate of drug-likeness (QED) is 0.766. The van der Waals surface area contributed by atoms with Crippen LogP contribution >= 0.6 is 0 Å². The number of halogens is 3. The summed E-state index contributed by atoms with van der Waals surface area (Å²) in [4.78, 5) is 3.34. The minimum atomic E-state index is -5.01. The van der Waals surface area contributed by atoms with Gasteiger partial charge in [-0.15, -0.1) is 13.2 Å². The van der Waals surface area contributed by atoms with Crippen LogP contribution in [0.2, 0.25) is 0 Å². The number of hydrogen-bond acceptors (Lipinski definition) is 6. The number of rotatable bonds is 5. The van der Waals surface area contributed by atoms with Gasteiger partial charge in [0.05, 0.1) is 24.7 Å². The summed E-state index contributed by atoms with van der Waals surface area (Å²) in [5.74, 6) is -0.630. The molecule has 0 saturated carbocycles. The molecule has 1 aromatic heterocycles. The van der Waals surface area contributed by atoms with E-state index in [0.29, 0.717) is 5.56 Å². The minimum absolute atomic E-state index is 0.0683. The summed E-state index contributed by atoms with van der Waals surface area (Å²) in [6, 6.07) is 9.35. The topological polar surface area (TPSA) is 92.5 Å². The van der Waals surface area contributed by atoms with Gasteiger partial charge in [-0.3, -0.25) is 0 Å². The molecule has 1 saturated heterocycles. The molecule has 0 atom stereocenters. The van der Waals surface area contributed by atoms with Crippen LogP contribution in [-0.2, 0) is 10.0 Å². The third-order valence-corrected chi connectivity index (χ3v) is 5.53. The molecule has 0 aliphatic carbocycles. The van der Waals surface area contributed by atoms with Crippen LogP contribution in [0.25, 0.3) is 0 Å². The Kier molecular flexibility index (Phi) is 4.95. The molecule has 27 heavy (non-hydrogen) atoms. The van der Waals surface area contributed by atoms with E-state index >= 15 is 0 Å². The highest BCUT2D eigenvalue weighted by Crippen LogP contribution is 2.33. The normalized spacial score (nSPS) is 15.6. The average Bonchev–Trinajstić information content (AvgIpc) is 2.56. The van der Waals surface area contributed by atoms with E-state index in [9.17, 15) is 21.6 Å². The van der Waals surface area contributed by atoms with Crippen molar-refractivity contribution in [1.29, 1.82) is 5.26 Å². The molecule has 0 unspecified atom stereocenters. The third kappa shape index (κ3) is 4.29. The highest BCUT2D eigenvalue weighted by Gasteiger charge is 2.41. The van der Waals surface area contributed by atoms with Crippen LogP contribution in [0.1, 0.15) is 5.56 Å². The lowest BCUT2D eigenvalue weighted by molar-refractivity contribution is -0.275. The second kappa shape index (κ2) is 7.05. The second-order valence-electron chi connectivity index (χ2n) is 5.55. The molecule has 0 N–H and O–H groups in total. The summed E-state index contributed by atoms with van der Waals surface area (Å²) < 4.78 is 72.9. The Labute approximate surface area is 152 Å². The monoisotopic (exact) mass is 399 g/mol. The maximum absolute atomic E-state index is 12.6. The van der Waals surface area contributed by atoms with Crippen LogP contribution in [0.3, 0.4) is 0 Å². The molecule has 0 bridgehead atoms. The van der Waals surface area contributed by atoms with Crippen molar-refractivity contribution in [1.82, 2.24) is 9.29 Å². The summed E-state index contributed by atoms with van der Waals surface area (Å²) in [7, 11) is -4.19. The zero-order valence-electron chi connectivity index (χ0n) is 13.5. The molecule has 0 spiro atoms. The lowest BCUT2D eigenvalue weighted by Crippen LogP contribution is -2.56. The Balaban J connectivity index is 1.71. The minimum Gasteiger partial charge on any atom is -0.471 e. The fourth-order valence-corrected chi connectivity index (χ4v) is 4.01. The highest BCUT2D eigenvalue weighted by atomic mass is 32.2. The van der Waals surface area contributed by atoms with Crippen LogP contribution in [0.4, 0.5) is 13.2 Å². The van der Waals surface area contributed by atoms with Gasteiger partial charge in [0.25, 0.3) is 0 Å². The number of nitrogens with zero attached hydrogens (tertiary/aromatic N) is 3. The van der Waals surface area contributed by atoms with E-state index in [1.165, 1.54) is 30.5 Å². The van der Waals surface area contributed by atoms with Gasteiger partial charge >= 0.3 is 6.36 Å². The fourth-order valence-electron chi connectivity index (χ4n) is 2.40. The lowest BCUT2D eigenvalue weighted by Gasteiger charge is -2.37. The first kappa shape index (κ1) is 18.9. The molecule has 7 nitrogen and oxygen atoms in total. The molecule has 1 fully saturated rings. The van der Waals surface area contributed by atoms with Crippen molar-refractivity contribution < 1.29 is 31.1 Å². The van der Waals surface area contributed by atoms with Gasteiger partial charge in [-0.1, -0.05) is 12.1 Å². The Morgan fingerprint density at radius 3 is 2.59 bits per heavy atom. The number of alkyl halides is 3. The number of pyridine rings is 1. The Morgan fingerprint density at radius 1 is 1.22 bits per heavy atom. The first-order valence-corrected chi connectivity index (χ1v) is 9.01. The van der Waals surface area contributed by atoms with Gasteiger partial charge in [0.1, 0.15) is 16.7 Å². The third-order valence-electron chi connectivity index (χ3n) is 3.66. The number of sulfonamides is 1. The highest BCUT2D eigenvalue weighted by molar-refractivity contribution is 7.89. The van der Waals surface area contributed by atoms with E-state index in [4.69, 9.17) is 10.00 Å². The smallest absolute Gasteiger partial charge is 0.471 e. The van der Waals surface area contributed by atoms with Gasteiger partial charge in [0, 0.05) is 12.3 Å². The van der Waals surface area contributed by atoms with E-state index in [0.717, 1.165) is 16.4 Å². The molecule has 2 aromatic rings. The molecule has 0 radical (unpaired) electrons. The predicted molar refractivity (Wildman–Crippen MR) is 85.3 cm³/mol. The molecular weight excluding hydrogens is 387 g/mol. The summed E-state index contributed by atoms with van der Waals surface area (Å²) in [6.07, 6.45) is -4.16. The fraction of sp³-hybridized carbons (Fsp3) is 0.250. The zero-order chi connectivity index (χ0) is 19.7. The number of para-hydroxylation sites is 1. The Morgan fingerprint density at radius 2 is 1.93 bits per heavy atom. The van der Waals surface area contributed by atoms with Crippen molar-refractivity contribution in [2.24, 2.45) is 0 Å². The summed E-state index contributed by atoms with van der Waals surface area (Å²) in [5, 5.41) is 8.84. The van der Waals surface area contributed by atoms with Gasteiger partial charge in [0.2, 0.25) is 15.9 Å². The van der Waals surface area contributed by atoms with Crippen molar-refractivity contribution in [2.75, 3.05) is 13.1 Å². The second-order valence-corrected chi connectivity index (χ2v) is 7.46. The molecule has 142 valence electrons. The Bertz CT molecular complexity index is 983. The van der Waals surface area contributed by atoms with E-state index < -0.39 is 33.1 Å². The molecule has 1 aromatic carbocycles. The maximum atomic E-state index is 12.6. The van der Waals surface area contributed by atoms with Crippen molar-refractivity contribution in [3.05, 3.63) is 48.2 Å². The maximum Gasteiger partial charge on any atom is 0.573 e. The molecule has 1 aliphatic heterocycles. The molecule has 0 amide bonds. The number of aromatic nitrogens is 1. The number of hydrogen-bond donors (Lipinski definition) is 0. The number of ether oxygens (including phenoxy) is 2. The lowest BCUT2D eigenvalue weighted by atomic mass is 10.2. The van der Waals surface area contributed by atoms with Crippen LogP contribution in [0, 0.1) is 11.3 Å². The molecule has 3 rings (SSSR count). The van der Waals surface area contributed by atoms with Crippen LogP contribution in [-0.4, -0.2) is 43.3 Å². The van der Waals surface area contributed by atoms with Gasteiger partial charge < -0.3 is 9.47 Å². The summed E-state index contributed by atoms with van der Waals surface area (Å²) in [6.45, 7) is -0.137. The number of benzene rings is 1. The van der Waals surface area contributed by atoms with Crippen molar-refractivity contribution in [3.63, 3.8) is 0 Å². The van der Waals surface area contributed by atoms with Gasteiger partial charge in [-0.05, 0) is 18.2 Å². The molecular formula is C16H12F3N3O4S. The van der Waals surface area contributed by atoms with Crippen LogP contribution in [0.15, 0.2) is 47.5 Å². The van der Waals surface area contributed by atoms with Crippen molar-refractivity contribution >= 4 is 10.0 Å². The first-order valence-electron chi connectivity index (χ1n) is 7.57. The van der Waals surface area contributed by atoms with Crippen LogP contribution < -0.4 is 9.47 Å². The van der Waals surface area contributed by atoms with E-state index in [1.807, 2.05) is 6.07 Å². The molecule has 11 heteroatoms. The van der Waals surface area contributed by atoms with E-state index in [-0.39, 0.29) is 19.0 Å². The first-order chi connectivity index (χ1) is 12.7. The SMILES string of the molecule is N#Cc1ccnc(OC2CN(S(=O)(=O)c3ccccc3OC(F)(F)F)C2)c1. The molecule has 2 heterocycles. The Hall–Kier alpha value is -2.84. The summed E-state index contributed by atoms with van der Waals surface area (Å²) in [5.41, 5.74) is 0.335. The zero-order valence-corrected chi connectivity index (χ0v) is 14.4. The predicted octanol–water partition coefficient (Wildman–Crippen LogP) is 2.30. The van der Waals surface area contributed by atoms with Gasteiger partial charge in [0.15, 0.2) is 0 Å². The van der Waals surface area contributed by atoms with Crippen molar-refractivity contribution in [3.8, 4) is 17.7 Å². The van der Waals surface area contributed by atoms with Gasteiger partial charge in [-0.2, -0.15) is 9.57 Å². The largest absolute Gasteiger partial charge is 0.573 e. The van der Waals surface area contributed by atoms with Gasteiger partial charge in [-0.25, -0.2) is 13.4 Å².